The fraction of sp³-hybridized carbons (Fsp3) is 0.625. The van der Waals surface area contributed by atoms with E-state index in [0.717, 1.165) is 12.1 Å². The minimum Gasteiger partial charge on any atom is -0.374 e. The van der Waals surface area contributed by atoms with Gasteiger partial charge in [-0.25, -0.2) is 8.42 Å². The smallest absolute Gasteiger partial charge is 0.374 e. The molecule has 3 amide bonds. The number of alkyl halides is 3. The molecule has 4 rings (SSSR count). The fourth-order valence-corrected chi connectivity index (χ4v) is 6.31. The number of amides is 3. The molecular formula is C24H31F3N4O5S. The third kappa shape index (κ3) is 5.70. The van der Waals surface area contributed by atoms with Gasteiger partial charge in [-0.1, -0.05) is 19.4 Å². The lowest BCUT2D eigenvalue weighted by Gasteiger charge is -2.29. The van der Waals surface area contributed by atoms with Crippen LogP contribution in [0.1, 0.15) is 57.9 Å². The molecule has 1 saturated heterocycles. The van der Waals surface area contributed by atoms with Gasteiger partial charge in [0, 0.05) is 12.2 Å². The van der Waals surface area contributed by atoms with Gasteiger partial charge in [0.15, 0.2) is 0 Å². The van der Waals surface area contributed by atoms with Gasteiger partial charge in [0.1, 0.15) is 17.6 Å². The Kier molecular flexibility index (Phi) is 7.21. The number of carbonyl (C=O) groups is 3. The first-order chi connectivity index (χ1) is 17.3. The molecule has 13 heteroatoms. The first kappa shape index (κ1) is 27.2. The molecule has 2 unspecified atom stereocenters. The highest BCUT2D eigenvalue weighted by Gasteiger charge is 2.61. The monoisotopic (exact) mass is 544 g/mol. The van der Waals surface area contributed by atoms with Gasteiger partial charge in [0.05, 0.1) is 10.8 Å². The number of nitrogens with zero attached hydrogens (tertiary/aromatic N) is 1. The molecule has 0 spiro atoms. The third-order valence-corrected chi connectivity index (χ3v) is 9.15. The van der Waals surface area contributed by atoms with Crippen molar-refractivity contribution >= 4 is 33.4 Å². The number of anilines is 1. The van der Waals surface area contributed by atoms with Crippen LogP contribution in [0.2, 0.25) is 0 Å². The number of hydrogen-bond acceptors (Lipinski definition) is 6. The molecule has 9 nitrogen and oxygen atoms in total. The van der Waals surface area contributed by atoms with E-state index < -0.39 is 62.4 Å². The Balaban J connectivity index is 1.42. The van der Waals surface area contributed by atoms with Crippen LogP contribution in [-0.2, 0) is 30.6 Å². The molecule has 3 N–H and O–H groups in total. The summed E-state index contributed by atoms with van der Waals surface area (Å²) in [4.78, 5) is 40.7. The molecule has 4 atom stereocenters. The molecule has 204 valence electrons. The van der Waals surface area contributed by atoms with Crippen molar-refractivity contribution in [3.8, 4) is 0 Å². The molecular weight excluding hydrogens is 513 g/mol. The van der Waals surface area contributed by atoms with Crippen LogP contribution >= 0.6 is 0 Å². The van der Waals surface area contributed by atoms with Crippen molar-refractivity contribution in [2.45, 2.75) is 81.4 Å². The molecule has 2 saturated carbocycles. The fourth-order valence-electron chi connectivity index (χ4n) is 4.94. The van der Waals surface area contributed by atoms with E-state index in [4.69, 9.17) is 0 Å². The molecule has 1 aromatic carbocycles. The first-order valence-corrected chi connectivity index (χ1v) is 14.0. The lowest BCUT2D eigenvalue weighted by molar-refractivity contribution is -0.140. The summed E-state index contributed by atoms with van der Waals surface area (Å²) in [5.41, 5.74) is -2.07. The van der Waals surface area contributed by atoms with E-state index in [1.807, 2.05) is 6.92 Å². The van der Waals surface area contributed by atoms with Crippen LogP contribution in [0.15, 0.2) is 24.3 Å². The van der Waals surface area contributed by atoms with Crippen molar-refractivity contribution in [3.63, 3.8) is 0 Å². The van der Waals surface area contributed by atoms with Crippen LogP contribution in [-0.4, -0.2) is 60.5 Å². The highest BCUT2D eigenvalue weighted by molar-refractivity contribution is 7.91. The van der Waals surface area contributed by atoms with E-state index in [1.54, 1.807) is 0 Å². The van der Waals surface area contributed by atoms with Crippen molar-refractivity contribution in [1.82, 2.24) is 14.9 Å². The van der Waals surface area contributed by atoms with Crippen molar-refractivity contribution in [2.75, 3.05) is 11.9 Å². The SMILES string of the molecule is CCC1C[C@]1(NC(=O)C1CCCN1C(=O)[C@H](C)Nc1cccc(C(F)(F)F)c1)C(=O)NS(=O)(=O)C1CC1. The maximum absolute atomic E-state index is 13.2. The molecule has 37 heavy (non-hydrogen) atoms. The molecule has 0 radical (unpaired) electrons. The largest absolute Gasteiger partial charge is 0.416 e. The van der Waals surface area contributed by atoms with Crippen molar-refractivity contribution in [2.24, 2.45) is 5.92 Å². The van der Waals surface area contributed by atoms with Crippen LogP contribution in [0.3, 0.4) is 0 Å². The average Bonchev–Trinajstić information content (AvgIpc) is 3.74. The Morgan fingerprint density at radius 3 is 2.49 bits per heavy atom. The maximum Gasteiger partial charge on any atom is 0.416 e. The number of sulfonamides is 1. The Morgan fingerprint density at radius 2 is 1.89 bits per heavy atom. The summed E-state index contributed by atoms with van der Waals surface area (Å²) in [7, 11) is -3.79. The predicted molar refractivity (Wildman–Crippen MR) is 129 cm³/mol. The molecule has 1 aliphatic heterocycles. The van der Waals surface area contributed by atoms with E-state index in [2.05, 4.69) is 15.4 Å². The number of likely N-dealkylation sites (tertiary alicyclic amines) is 1. The molecule has 0 aromatic heterocycles. The minimum absolute atomic E-state index is 0.118. The highest BCUT2D eigenvalue weighted by Crippen LogP contribution is 2.46. The second-order valence-corrected chi connectivity index (χ2v) is 12.0. The Labute approximate surface area is 213 Å². The number of benzene rings is 1. The van der Waals surface area contributed by atoms with E-state index >= 15 is 0 Å². The summed E-state index contributed by atoms with van der Waals surface area (Å²) in [5.74, 6) is -1.99. The third-order valence-electron chi connectivity index (χ3n) is 7.33. The Hall–Kier alpha value is -2.83. The van der Waals surface area contributed by atoms with Gasteiger partial charge in [-0.3, -0.25) is 19.1 Å². The summed E-state index contributed by atoms with van der Waals surface area (Å²) < 4.78 is 65.8. The van der Waals surface area contributed by atoms with Gasteiger partial charge in [-0.2, -0.15) is 13.2 Å². The van der Waals surface area contributed by atoms with E-state index in [0.29, 0.717) is 38.5 Å². The average molecular weight is 545 g/mol. The number of rotatable bonds is 9. The van der Waals surface area contributed by atoms with Crippen LogP contribution in [0.5, 0.6) is 0 Å². The van der Waals surface area contributed by atoms with Crippen molar-refractivity contribution in [3.05, 3.63) is 29.8 Å². The highest BCUT2D eigenvalue weighted by atomic mass is 32.2. The molecule has 1 heterocycles. The number of halogens is 3. The summed E-state index contributed by atoms with van der Waals surface area (Å²) in [5, 5.41) is 4.92. The zero-order chi connectivity index (χ0) is 27.2. The zero-order valence-electron chi connectivity index (χ0n) is 20.6. The standard InChI is InChI=1S/C24H31F3N4O5S/c1-3-15-13-23(15,22(34)30-37(35,36)18-9-10-18)29-20(32)19-8-5-11-31(19)21(33)14(2)28-17-7-4-6-16(12-17)24(25,26)27/h4,6-7,12,14-15,18-19,28H,3,5,8-11,13H2,1-2H3,(H,29,32)(H,30,34)/t14-,15?,19?,23+/m0/s1. The van der Waals surface area contributed by atoms with Gasteiger partial charge in [0.25, 0.3) is 5.91 Å². The first-order valence-electron chi connectivity index (χ1n) is 12.4. The Morgan fingerprint density at radius 1 is 1.19 bits per heavy atom. The van der Waals surface area contributed by atoms with Gasteiger partial charge in [-0.05, 0) is 63.1 Å². The lowest BCUT2D eigenvalue weighted by Crippen LogP contribution is -2.57. The summed E-state index contributed by atoms with van der Waals surface area (Å²) in [6, 6.07) is 2.71. The second-order valence-electron chi connectivity index (χ2n) is 10.1. The van der Waals surface area contributed by atoms with E-state index in [1.165, 1.54) is 24.0 Å². The van der Waals surface area contributed by atoms with Gasteiger partial charge in [-0.15, -0.1) is 0 Å². The quantitative estimate of drug-likeness (QED) is 0.439. The van der Waals surface area contributed by atoms with Gasteiger partial charge >= 0.3 is 6.18 Å². The van der Waals surface area contributed by atoms with Crippen LogP contribution in [0.4, 0.5) is 18.9 Å². The summed E-state index contributed by atoms with van der Waals surface area (Å²) in [6.07, 6.45) is -1.80. The number of hydrogen-bond donors (Lipinski definition) is 3. The molecule has 1 aromatic rings. The van der Waals surface area contributed by atoms with Crippen LogP contribution in [0, 0.1) is 5.92 Å². The molecule has 3 aliphatic rings. The molecule has 0 bridgehead atoms. The van der Waals surface area contributed by atoms with Gasteiger partial charge < -0.3 is 15.5 Å². The second kappa shape index (κ2) is 9.80. The lowest BCUT2D eigenvalue weighted by atomic mass is 10.1. The molecule has 3 fully saturated rings. The normalized spacial score (nSPS) is 26.4. The molecule has 2 aliphatic carbocycles. The topological polar surface area (TPSA) is 125 Å². The van der Waals surface area contributed by atoms with E-state index in [-0.39, 0.29) is 18.2 Å². The summed E-state index contributed by atoms with van der Waals surface area (Å²) in [6.45, 7) is 3.62. The van der Waals surface area contributed by atoms with E-state index in [9.17, 15) is 36.0 Å². The maximum atomic E-state index is 13.2. The Bertz CT molecular complexity index is 1190. The number of carbonyl (C=O) groups excluding carboxylic acids is 3. The minimum atomic E-state index is -4.53. The van der Waals surface area contributed by atoms with Gasteiger partial charge in [0.2, 0.25) is 21.8 Å². The zero-order valence-corrected chi connectivity index (χ0v) is 21.4. The van der Waals surface area contributed by atoms with Crippen LogP contribution < -0.4 is 15.4 Å². The van der Waals surface area contributed by atoms with Crippen molar-refractivity contribution < 1.29 is 36.0 Å². The van der Waals surface area contributed by atoms with Crippen LogP contribution in [0.25, 0.3) is 0 Å². The predicted octanol–water partition coefficient (Wildman–Crippen LogP) is 2.39. The van der Waals surface area contributed by atoms with Crippen molar-refractivity contribution in [1.29, 1.82) is 0 Å². The summed E-state index contributed by atoms with van der Waals surface area (Å²) >= 11 is 0. The number of nitrogens with one attached hydrogen (secondary N) is 3.